The first kappa shape index (κ1) is 45.9. The van der Waals surface area contributed by atoms with Crippen LogP contribution >= 0.6 is 0 Å². The van der Waals surface area contributed by atoms with E-state index in [9.17, 15) is 0 Å². The predicted molar refractivity (Wildman–Crippen MR) is 326 cm³/mol. The SMILES string of the molecule is COC12CCCCC1(C)N(c1ccccc1)c1ccc(-c3ccc4c(c3)C3(c5cc(-c6ccc7c(c6)C6(OC)CCCCC6(C)N7c6ccccc6)ccc5-4)c4ccccc4-c4c3cc3ccc5cccc6ccc4c3c56)cc12. The molecule has 2 fully saturated rings. The number of fused-ring (bicyclic) bond motifs is 17. The summed E-state index contributed by atoms with van der Waals surface area (Å²) in [5, 5.41) is 7.90. The molecular formula is C75H62N2O2. The van der Waals surface area contributed by atoms with Gasteiger partial charge in [-0.05, 0) is 205 Å². The predicted octanol–water partition coefficient (Wildman–Crippen LogP) is 18.9. The Balaban J connectivity index is 0.905. The lowest BCUT2D eigenvalue weighted by molar-refractivity contribution is -0.0872. The molecule has 11 aromatic rings. The van der Waals surface area contributed by atoms with Crippen molar-refractivity contribution in [1.82, 2.24) is 0 Å². The zero-order valence-electron chi connectivity index (χ0n) is 45.5. The lowest BCUT2D eigenvalue weighted by atomic mass is 9.68. The molecule has 4 nitrogen and oxygen atoms in total. The number of ether oxygens (including phenoxy) is 2. The van der Waals surface area contributed by atoms with Crippen molar-refractivity contribution in [2.75, 3.05) is 24.0 Å². The molecule has 2 heterocycles. The second-order valence-corrected chi connectivity index (χ2v) is 24.3. The fourth-order valence-corrected chi connectivity index (χ4v) is 17.8. The van der Waals surface area contributed by atoms with Crippen molar-refractivity contribution in [1.29, 1.82) is 0 Å². The van der Waals surface area contributed by atoms with Crippen LogP contribution in [-0.2, 0) is 26.1 Å². The van der Waals surface area contributed by atoms with Gasteiger partial charge in [-0.15, -0.1) is 0 Å². The molecule has 11 aromatic carbocycles. The third-order valence-electron chi connectivity index (χ3n) is 21.1. The van der Waals surface area contributed by atoms with Crippen LogP contribution in [-0.4, -0.2) is 25.3 Å². The van der Waals surface area contributed by atoms with E-state index in [1.807, 2.05) is 14.2 Å². The third-order valence-corrected chi connectivity index (χ3v) is 21.1. The number of hydrogen-bond acceptors (Lipinski definition) is 4. The summed E-state index contributed by atoms with van der Waals surface area (Å²) in [4.78, 5) is 5.21. The molecule has 2 aliphatic heterocycles. The van der Waals surface area contributed by atoms with Crippen molar-refractivity contribution in [3.05, 3.63) is 240 Å². The van der Waals surface area contributed by atoms with Crippen LogP contribution < -0.4 is 9.80 Å². The molecule has 6 aliphatic rings. The molecule has 384 valence electrons. The highest BCUT2D eigenvalue weighted by atomic mass is 16.5. The average Bonchev–Trinajstić information content (AvgIpc) is 3.49. The molecule has 0 saturated heterocycles. The van der Waals surface area contributed by atoms with Gasteiger partial charge >= 0.3 is 0 Å². The minimum Gasteiger partial charge on any atom is -0.371 e. The minimum atomic E-state index is -0.611. The maximum absolute atomic E-state index is 6.92. The zero-order chi connectivity index (χ0) is 52.6. The molecule has 4 unspecified atom stereocenters. The first-order valence-electron chi connectivity index (χ1n) is 29.0. The van der Waals surface area contributed by atoms with Gasteiger partial charge in [0.2, 0.25) is 0 Å². The first-order chi connectivity index (χ1) is 38.8. The first-order valence-corrected chi connectivity index (χ1v) is 29.0. The summed E-state index contributed by atoms with van der Waals surface area (Å²) in [6.45, 7) is 4.89. The Hall–Kier alpha value is -8.02. The zero-order valence-corrected chi connectivity index (χ0v) is 45.5. The van der Waals surface area contributed by atoms with E-state index < -0.39 is 16.6 Å². The van der Waals surface area contributed by atoms with Crippen molar-refractivity contribution >= 4 is 55.1 Å². The smallest absolute Gasteiger partial charge is 0.118 e. The Kier molecular flexibility index (Phi) is 9.34. The molecule has 1 spiro atoms. The summed E-state index contributed by atoms with van der Waals surface area (Å²) < 4.78 is 13.8. The van der Waals surface area contributed by atoms with Crippen molar-refractivity contribution in [3.8, 4) is 44.5 Å². The molecule has 0 N–H and O–H groups in total. The van der Waals surface area contributed by atoms with Crippen LogP contribution in [0.25, 0.3) is 76.8 Å². The summed E-state index contributed by atoms with van der Waals surface area (Å²) in [7, 11) is 3.91. The highest BCUT2D eigenvalue weighted by molar-refractivity contribution is 6.27. The van der Waals surface area contributed by atoms with Gasteiger partial charge in [-0.1, -0.05) is 165 Å². The number of hydrogen-bond donors (Lipinski definition) is 0. The molecule has 0 radical (unpaired) electrons. The molecule has 79 heavy (non-hydrogen) atoms. The number of nitrogens with zero attached hydrogens (tertiary/aromatic N) is 2. The van der Waals surface area contributed by atoms with E-state index in [0.29, 0.717) is 0 Å². The van der Waals surface area contributed by atoms with Crippen LogP contribution in [0, 0.1) is 0 Å². The summed E-state index contributed by atoms with van der Waals surface area (Å²) in [6.07, 6.45) is 8.75. The molecular weight excluding hydrogens is 961 g/mol. The van der Waals surface area contributed by atoms with Gasteiger partial charge in [0.05, 0.1) is 16.5 Å². The van der Waals surface area contributed by atoms with E-state index in [0.717, 1.165) is 38.5 Å². The van der Waals surface area contributed by atoms with E-state index in [1.54, 1.807) is 0 Å². The number of para-hydroxylation sites is 2. The Labute approximate surface area is 463 Å². The van der Waals surface area contributed by atoms with E-state index in [4.69, 9.17) is 9.47 Å². The normalized spacial score (nSPS) is 24.9. The molecule has 4 aliphatic carbocycles. The molecule has 0 bridgehead atoms. The Bertz CT molecular complexity index is 4180. The van der Waals surface area contributed by atoms with E-state index >= 15 is 0 Å². The third kappa shape index (κ3) is 5.57. The van der Waals surface area contributed by atoms with E-state index in [1.165, 1.54) is 146 Å². The lowest BCUT2D eigenvalue weighted by Crippen LogP contribution is -2.57. The van der Waals surface area contributed by atoms with Crippen molar-refractivity contribution in [3.63, 3.8) is 0 Å². The van der Waals surface area contributed by atoms with E-state index in [-0.39, 0.29) is 11.1 Å². The summed E-state index contributed by atoms with van der Waals surface area (Å²) in [6, 6.07) is 79.6. The van der Waals surface area contributed by atoms with Crippen LogP contribution in [0.1, 0.15) is 98.6 Å². The number of benzene rings is 11. The second-order valence-electron chi connectivity index (χ2n) is 24.3. The second kappa shape index (κ2) is 16.1. The number of methoxy groups -OCH3 is 2. The summed E-state index contributed by atoms with van der Waals surface area (Å²) >= 11 is 0. The molecule has 0 aromatic heterocycles. The Morgan fingerprint density at radius 1 is 0.354 bits per heavy atom. The highest BCUT2D eigenvalue weighted by Crippen LogP contribution is 2.67. The summed E-state index contributed by atoms with van der Waals surface area (Å²) in [5.41, 5.74) is 21.1. The molecule has 17 rings (SSSR count). The fourth-order valence-electron chi connectivity index (χ4n) is 17.8. The van der Waals surface area contributed by atoms with Gasteiger partial charge in [-0.3, -0.25) is 0 Å². The van der Waals surface area contributed by atoms with Crippen LogP contribution in [0.2, 0.25) is 0 Å². The average molecular weight is 1020 g/mol. The Morgan fingerprint density at radius 3 is 1.37 bits per heavy atom. The molecule has 4 atom stereocenters. The van der Waals surface area contributed by atoms with Crippen molar-refractivity contribution < 1.29 is 9.47 Å². The maximum Gasteiger partial charge on any atom is 0.118 e. The van der Waals surface area contributed by atoms with Crippen LogP contribution in [0.3, 0.4) is 0 Å². The van der Waals surface area contributed by atoms with Crippen molar-refractivity contribution in [2.45, 2.75) is 92.9 Å². The van der Waals surface area contributed by atoms with E-state index in [2.05, 4.69) is 230 Å². The summed E-state index contributed by atoms with van der Waals surface area (Å²) in [5.74, 6) is 0. The molecule has 4 heteroatoms. The number of anilines is 4. The van der Waals surface area contributed by atoms with Gasteiger partial charge in [0.1, 0.15) is 11.2 Å². The topological polar surface area (TPSA) is 24.9 Å². The molecule has 2 saturated carbocycles. The largest absolute Gasteiger partial charge is 0.371 e. The van der Waals surface area contributed by atoms with Gasteiger partial charge in [0, 0.05) is 48.1 Å². The fraction of sp³-hybridized carbons (Fsp3) is 0.227. The van der Waals surface area contributed by atoms with Gasteiger partial charge in [-0.25, -0.2) is 0 Å². The maximum atomic E-state index is 6.92. The van der Waals surface area contributed by atoms with Crippen LogP contribution in [0.5, 0.6) is 0 Å². The lowest BCUT2D eigenvalue weighted by Gasteiger charge is -2.50. The Morgan fingerprint density at radius 2 is 0.823 bits per heavy atom. The van der Waals surface area contributed by atoms with Gasteiger partial charge in [0.25, 0.3) is 0 Å². The molecule has 0 amide bonds. The van der Waals surface area contributed by atoms with Crippen LogP contribution in [0.4, 0.5) is 22.7 Å². The highest BCUT2D eigenvalue weighted by Gasteiger charge is 2.63. The number of rotatable bonds is 6. The van der Waals surface area contributed by atoms with Crippen molar-refractivity contribution in [2.24, 2.45) is 0 Å². The monoisotopic (exact) mass is 1020 g/mol. The van der Waals surface area contributed by atoms with Gasteiger partial charge < -0.3 is 19.3 Å². The van der Waals surface area contributed by atoms with Gasteiger partial charge in [0.15, 0.2) is 0 Å². The standard InChI is InChI=1S/C75H62N2O2/c1-71-38-13-15-40-73(71,78-3)63-44-51(31-36-66(63)76(71)54-20-7-5-8-21-54)49-29-33-56-57-34-30-50(52-32-37-67-64(45-52)74(79-4)41-16-14-39-72(74,2)77(67)55-22-9-6-10-23-55)43-62(57)75(61(56)42-49)60-25-12-11-24-58(60)70-59-35-28-48-19-17-18-47-26-27-53(46-65(70)75)69(59)68(47)48/h5-12,17-37,42-46H,13-16,38-41H2,1-4H3. The van der Waals surface area contributed by atoms with Crippen LogP contribution in [0.15, 0.2) is 206 Å². The quantitative estimate of drug-likeness (QED) is 0.155. The van der Waals surface area contributed by atoms with Gasteiger partial charge in [-0.2, -0.15) is 0 Å². The minimum absolute atomic E-state index is 0.231.